The lowest BCUT2D eigenvalue weighted by Gasteiger charge is -2.31. The summed E-state index contributed by atoms with van der Waals surface area (Å²) in [5.74, 6) is -1.57. The largest absolute Gasteiger partial charge is 0.477 e. The Kier molecular flexibility index (Phi) is 41.8. The minimum atomic E-state index is -0.891. The number of likely N-dealkylation sites (N-methyl/N-ethyl adjacent to an activating group) is 1. The van der Waals surface area contributed by atoms with E-state index in [0.29, 0.717) is 19.3 Å². The van der Waals surface area contributed by atoms with Crippen LogP contribution in [0.25, 0.3) is 0 Å². The van der Waals surface area contributed by atoms with Crippen LogP contribution >= 0.6 is 0 Å². The van der Waals surface area contributed by atoms with Crippen LogP contribution in [0.3, 0.4) is 0 Å². The third-order valence-electron chi connectivity index (χ3n) is 10.2. The highest BCUT2D eigenvalue weighted by atomic mass is 16.6. The summed E-state index contributed by atoms with van der Waals surface area (Å²) in [6.07, 6.45) is 61.3. The van der Waals surface area contributed by atoms with Crippen molar-refractivity contribution < 1.29 is 38.2 Å². The molecule has 0 aliphatic rings. The number of carbonyl (C=O) groups is 3. The van der Waals surface area contributed by atoms with Crippen molar-refractivity contribution in [1.82, 2.24) is 0 Å². The molecule has 0 aliphatic heterocycles. The molecule has 0 fully saturated rings. The molecule has 0 rings (SSSR count). The maximum Gasteiger partial charge on any atom is 0.362 e. The van der Waals surface area contributed by atoms with Crippen molar-refractivity contribution in [2.24, 2.45) is 0 Å². The molecule has 0 aromatic rings. The normalized spacial score (nSPS) is 13.9. The van der Waals surface area contributed by atoms with Gasteiger partial charge in [-0.05, 0) is 89.9 Å². The van der Waals surface area contributed by atoms with E-state index in [1.165, 1.54) is 44.9 Å². The van der Waals surface area contributed by atoms with Gasteiger partial charge in [-0.1, -0.05) is 168 Å². The molecule has 356 valence electrons. The number of esters is 2. The minimum Gasteiger partial charge on any atom is -0.477 e. The van der Waals surface area contributed by atoms with Crippen LogP contribution in [-0.4, -0.2) is 80.6 Å². The molecule has 2 unspecified atom stereocenters. The van der Waals surface area contributed by atoms with E-state index in [4.69, 9.17) is 14.2 Å². The monoisotopic (exact) mass is 877 g/mol. The first-order chi connectivity index (χ1) is 30.6. The first-order valence-electron chi connectivity index (χ1n) is 24.5. The second-order valence-electron chi connectivity index (χ2n) is 17.1. The molecule has 8 nitrogen and oxygen atoms in total. The van der Waals surface area contributed by atoms with E-state index < -0.39 is 18.1 Å². The van der Waals surface area contributed by atoms with Crippen molar-refractivity contribution in [3.8, 4) is 0 Å². The average Bonchev–Trinajstić information content (AvgIpc) is 3.24. The van der Waals surface area contributed by atoms with Gasteiger partial charge in [-0.3, -0.25) is 9.59 Å². The summed E-state index contributed by atoms with van der Waals surface area (Å²) in [6, 6.07) is -0.634. The van der Waals surface area contributed by atoms with E-state index in [1.54, 1.807) is 0 Å². The van der Waals surface area contributed by atoms with Crippen molar-refractivity contribution in [3.63, 3.8) is 0 Å². The second kappa shape index (κ2) is 44.6. The quantitative estimate of drug-likeness (QED) is 0.0214. The number of hydrogen-bond donors (Lipinski definition) is 1. The Labute approximate surface area is 385 Å². The Balaban J connectivity index is 4.46. The molecule has 0 saturated carbocycles. The van der Waals surface area contributed by atoms with Crippen LogP contribution in [0.4, 0.5) is 0 Å². The van der Waals surface area contributed by atoms with Gasteiger partial charge in [0.25, 0.3) is 0 Å². The Morgan fingerprint density at radius 2 is 0.905 bits per heavy atom. The van der Waals surface area contributed by atoms with Crippen LogP contribution < -0.4 is 0 Å². The zero-order valence-electron chi connectivity index (χ0n) is 40.5. The predicted octanol–water partition coefficient (Wildman–Crippen LogP) is 14.0. The van der Waals surface area contributed by atoms with E-state index in [1.807, 2.05) is 27.2 Å². The Morgan fingerprint density at radius 3 is 1.41 bits per heavy atom. The van der Waals surface area contributed by atoms with Crippen LogP contribution in [0.2, 0.25) is 0 Å². The molecule has 0 aromatic carbocycles. The SMILES string of the molecule is CCCCC/C=C/C=C/C=C/C=C/CCCCCCCC(=O)OCC(COCCC(C(=O)O)[N+](C)(C)C)OC(=O)CCCC/C=C/C/C=C/C/C=C/C/C=C/C/C=C/CCCCC. The standard InChI is InChI=1S/C55H89NO7/c1-6-8-10-12-14-16-18-20-22-24-26-27-28-30-32-34-36-38-40-42-44-46-54(58)63-51(49-61-48-47-52(55(59)60)56(3,4)5)50-62-53(57)45-43-41-39-37-35-33-31-29-25-23-21-19-17-15-13-11-9-7-2/h14-17,19-23,25-27,29-32,36,38,51-52H,6-13,18,24,28,33-35,37,39-50H2,1-5H3/p+1/b16-14+,17-15+,21-19+,22-20+,25-23+,27-26+,31-29+,32-30+,38-36+. The van der Waals surface area contributed by atoms with Gasteiger partial charge in [-0.15, -0.1) is 0 Å². The number of aliphatic carboxylic acids is 1. The lowest BCUT2D eigenvalue weighted by Crippen LogP contribution is -2.50. The summed E-state index contributed by atoms with van der Waals surface area (Å²) in [6.45, 7) is 4.58. The smallest absolute Gasteiger partial charge is 0.362 e. The summed E-state index contributed by atoms with van der Waals surface area (Å²) in [5.41, 5.74) is 0. The number of quaternary nitrogens is 1. The lowest BCUT2D eigenvalue weighted by atomic mass is 10.1. The number of unbranched alkanes of at least 4 members (excludes halogenated alkanes) is 13. The van der Waals surface area contributed by atoms with Crippen LogP contribution in [0, 0.1) is 0 Å². The minimum absolute atomic E-state index is 0.0280. The van der Waals surface area contributed by atoms with Crippen molar-refractivity contribution in [1.29, 1.82) is 0 Å². The number of carboxylic acid groups (broad SMARTS) is 1. The van der Waals surface area contributed by atoms with E-state index in [0.717, 1.165) is 83.5 Å². The van der Waals surface area contributed by atoms with Gasteiger partial charge in [0.2, 0.25) is 0 Å². The Bertz CT molecular complexity index is 1390. The zero-order valence-corrected chi connectivity index (χ0v) is 40.5. The van der Waals surface area contributed by atoms with Crippen molar-refractivity contribution in [2.45, 2.75) is 180 Å². The fourth-order valence-corrected chi connectivity index (χ4v) is 6.41. The fraction of sp³-hybridized carbons (Fsp3) is 0.618. The topological polar surface area (TPSA) is 99.1 Å². The molecule has 8 heteroatoms. The third-order valence-corrected chi connectivity index (χ3v) is 10.2. The van der Waals surface area contributed by atoms with Gasteiger partial charge in [0.15, 0.2) is 12.1 Å². The van der Waals surface area contributed by atoms with Crippen LogP contribution in [0.15, 0.2) is 109 Å². The van der Waals surface area contributed by atoms with Crippen LogP contribution in [0.5, 0.6) is 0 Å². The molecule has 0 aromatic heterocycles. The van der Waals surface area contributed by atoms with Gasteiger partial charge in [0.05, 0.1) is 34.4 Å². The van der Waals surface area contributed by atoms with Gasteiger partial charge >= 0.3 is 17.9 Å². The molecule has 0 heterocycles. The summed E-state index contributed by atoms with van der Waals surface area (Å²) < 4.78 is 17.3. The van der Waals surface area contributed by atoms with Crippen LogP contribution in [-0.2, 0) is 28.6 Å². The molecule has 0 radical (unpaired) electrons. The molecule has 0 spiro atoms. The molecule has 0 saturated heterocycles. The summed E-state index contributed by atoms with van der Waals surface area (Å²) in [7, 11) is 5.49. The molecule has 0 amide bonds. The molecular formula is C55H90NO7+. The maximum absolute atomic E-state index is 12.8. The van der Waals surface area contributed by atoms with E-state index in [9.17, 15) is 19.5 Å². The highest BCUT2D eigenvalue weighted by Gasteiger charge is 2.31. The lowest BCUT2D eigenvalue weighted by molar-refractivity contribution is -0.887. The zero-order chi connectivity index (χ0) is 46.3. The average molecular weight is 877 g/mol. The Hall–Kier alpha value is -4.01. The summed E-state index contributed by atoms with van der Waals surface area (Å²) in [4.78, 5) is 37.1. The van der Waals surface area contributed by atoms with Gasteiger partial charge in [0, 0.05) is 19.3 Å². The second-order valence-corrected chi connectivity index (χ2v) is 17.1. The van der Waals surface area contributed by atoms with Gasteiger partial charge in [0.1, 0.15) is 6.61 Å². The number of carbonyl (C=O) groups excluding carboxylic acids is 2. The summed E-state index contributed by atoms with van der Waals surface area (Å²) >= 11 is 0. The number of ether oxygens (including phenoxy) is 3. The first-order valence-corrected chi connectivity index (χ1v) is 24.5. The van der Waals surface area contributed by atoms with E-state index >= 15 is 0 Å². The van der Waals surface area contributed by atoms with Crippen LogP contribution in [0.1, 0.15) is 168 Å². The highest BCUT2D eigenvalue weighted by Crippen LogP contribution is 2.12. The van der Waals surface area contributed by atoms with Crippen molar-refractivity contribution in [2.75, 3.05) is 41.0 Å². The molecule has 2 atom stereocenters. The Morgan fingerprint density at radius 1 is 0.492 bits per heavy atom. The molecule has 0 bridgehead atoms. The highest BCUT2D eigenvalue weighted by molar-refractivity contribution is 5.72. The number of rotatable bonds is 42. The van der Waals surface area contributed by atoms with Gasteiger partial charge in [-0.2, -0.15) is 0 Å². The predicted molar refractivity (Wildman–Crippen MR) is 266 cm³/mol. The van der Waals surface area contributed by atoms with E-state index in [-0.39, 0.29) is 42.7 Å². The number of allylic oxidation sites excluding steroid dienone is 18. The summed E-state index contributed by atoms with van der Waals surface area (Å²) in [5, 5.41) is 9.64. The fourth-order valence-electron chi connectivity index (χ4n) is 6.41. The molecule has 1 N–H and O–H groups in total. The first kappa shape index (κ1) is 59.0. The molecule has 0 aliphatic carbocycles. The van der Waals surface area contributed by atoms with Crippen molar-refractivity contribution >= 4 is 17.9 Å². The molecular weight excluding hydrogens is 787 g/mol. The van der Waals surface area contributed by atoms with Crippen molar-refractivity contribution in [3.05, 3.63) is 109 Å². The molecule has 63 heavy (non-hydrogen) atoms. The maximum atomic E-state index is 12.8. The number of nitrogens with zero attached hydrogens (tertiary/aromatic N) is 1. The number of hydrogen-bond acceptors (Lipinski definition) is 6. The van der Waals surface area contributed by atoms with Gasteiger partial charge < -0.3 is 23.8 Å². The van der Waals surface area contributed by atoms with E-state index in [2.05, 4.69) is 117 Å². The van der Waals surface area contributed by atoms with Gasteiger partial charge in [-0.25, -0.2) is 4.79 Å². The number of carboxylic acids is 1. The third kappa shape index (κ3) is 43.0.